The van der Waals surface area contributed by atoms with Crippen molar-refractivity contribution in [2.24, 2.45) is 5.73 Å². The SMILES string of the molecule is NC(CC(=O)N1CCN(C(=O)c2ccccc2)CC1)c1ccccc1. The van der Waals surface area contributed by atoms with E-state index in [1.54, 1.807) is 9.80 Å². The van der Waals surface area contributed by atoms with Crippen LogP contribution in [0.3, 0.4) is 0 Å². The van der Waals surface area contributed by atoms with Gasteiger partial charge >= 0.3 is 0 Å². The van der Waals surface area contributed by atoms with E-state index in [1.165, 1.54) is 0 Å². The molecule has 1 atom stereocenters. The number of nitrogens with two attached hydrogens (primary N) is 1. The summed E-state index contributed by atoms with van der Waals surface area (Å²) in [7, 11) is 0. The minimum absolute atomic E-state index is 0.0219. The van der Waals surface area contributed by atoms with E-state index in [2.05, 4.69) is 0 Å². The highest BCUT2D eigenvalue weighted by Gasteiger charge is 2.25. The second-order valence-corrected chi connectivity index (χ2v) is 6.26. The third kappa shape index (κ3) is 4.25. The van der Waals surface area contributed by atoms with Crippen LogP contribution in [0.5, 0.6) is 0 Å². The monoisotopic (exact) mass is 337 g/mol. The van der Waals surface area contributed by atoms with Gasteiger partial charge in [0.15, 0.2) is 0 Å². The van der Waals surface area contributed by atoms with E-state index in [-0.39, 0.29) is 24.3 Å². The van der Waals surface area contributed by atoms with Gasteiger partial charge in [0, 0.05) is 44.2 Å². The molecule has 0 bridgehead atoms. The van der Waals surface area contributed by atoms with Crippen molar-refractivity contribution in [1.82, 2.24) is 9.80 Å². The minimum atomic E-state index is -0.294. The van der Waals surface area contributed by atoms with Crippen LogP contribution >= 0.6 is 0 Å². The lowest BCUT2D eigenvalue weighted by atomic mass is 10.0. The summed E-state index contributed by atoms with van der Waals surface area (Å²) in [4.78, 5) is 28.5. The molecule has 5 nitrogen and oxygen atoms in total. The van der Waals surface area contributed by atoms with Gasteiger partial charge in [-0.2, -0.15) is 0 Å². The van der Waals surface area contributed by atoms with Gasteiger partial charge in [-0.1, -0.05) is 48.5 Å². The Morgan fingerprint density at radius 1 is 0.840 bits per heavy atom. The smallest absolute Gasteiger partial charge is 0.253 e. The molecule has 1 aliphatic rings. The summed E-state index contributed by atoms with van der Waals surface area (Å²) in [5.41, 5.74) is 7.80. The number of carbonyl (C=O) groups excluding carboxylic acids is 2. The number of nitrogens with zero attached hydrogens (tertiary/aromatic N) is 2. The number of amides is 2. The molecule has 5 heteroatoms. The molecular formula is C20H23N3O2. The van der Waals surface area contributed by atoms with E-state index in [4.69, 9.17) is 5.73 Å². The second-order valence-electron chi connectivity index (χ2n) is 6.26. The van der Waals surface area contributed by atoms with Crippen LogP contribution in [-0.2, 0) is 4.79 Å². The molecule has 3 rings (SSSR count). The molecule has 0 radical (unpaired) electrons. The van der Waals surface area contributed by atoms with E-state index >= 15 is 0 Å². The molecular weight excluding hydrogens is 314 g/mol. The van der Waals surface area contributed by atoms with Gasteiger partial charge in [0.25, 0.3) is 5.91 Å². The summed E-state index contributed by atoms with van der Waals surface area (Å²) >= 11 is 0. The molecule has 0 aromatic heterocycles. The summed E-state index contributed by atoms with van der Waals surface area (Å²) in [6, 6.07) is 18.6. The van der Waals surface area contributed by atoms with Crippen molar-refractivity contribution in [3.05, 3.63) is 71.8 Å². The van der Waals surface area contributed by atoms with Gasteiger partial charge in [0.1, 0.15) is 0 Å². The van der Waals surface area contributed by atoms with Gasteiger partial charge in [0.05, 0.1) is 0 Å². The van der Waals surface area contributed by atoms with Crippen LogP contribution in [0.15, 0.2) is 60.7 Å². The molecule has 2 aromatic carbocycles. The lowest BCUT2D eigenvalue weighted by Crippen LogP contribution is -2.51. The van der Waals surface area contributed by atoms with Crippen molar-refractivity contribution in [1.29, 1.82) is 0 Å². The van der Waals surface area contributed by atoms with Crippen LogP contribution in [0.4, 0.5) is 0 Å². The molecule has 25 heavy (non-hydrogen) atoms. The summed E-state index contributed by atoms with van der Waals surface area (Å²) < 4.78 is 0. The third-order valence-corrected chi connectivity index (χ3v) is 4.56. The standard InChI is InChI=1S/C20H23N3O2/c21-18(16-7-3-1-4-8-16)15-19(24)22-11-13-23(14-12-22)20(25)17-9-5-2-6-10-17/h1-10,18H,11-15,21H2. The second kappa shape index (κ2) is 7.94. The Morgan fingerprint density at radius 3 is 1.96 bits per heavy atom. The number of piperazine rings is 1. The lowest BCUT2D eigenvalue weighted by Gasteiger charge is -2.35. The molecule has 2 N–H and O–H groups in total. The van der Waals surface area contributed by atoms with Gasteiger partial charge in [-0.3, -0.25) is 9.59 Å². The molecule has 2 aromatic rings. The zero-order chi connectivity index (χ0) is 17.6. The summed E-state index contributed by atoms with van der Waals surface area (Å²) in [6.07, 6.45) is 0.288. The quantitative estimate of drug-likeness (QED) is 0.929. The van der Waals surface area contributed by atoms with Crippen molar-refractivity contribution in [3.63, 3.8) is 0 Å². The van der Waals surface area contributed by atoms with E-state index in [1.807, 2.05) is 60.7 Å². The van der Waals surface area contributed by atoms with Crippen molar-refractivity contribution in [2.75, 3.05) is 26.2 Å². The fourth-order valence-corrected chi connectivity index (χ4v) is 3.06. The Hall–Kier alpha value is -2.66. The molecule has 1 aliphatic heterocycles. The van der Waals surface area contributed by atoms with Crippen molar-refractivity contribution >= 4 is 11.8 Å². The number of hydrogen-bond acceptors (Lipinski definition) is 3. The summed E-state index contributed by atoms with van der Waals surface area (Å²) in [5, 5.41) is 0. The number of benzene rings is 2. The number of hydrogen-bond donors (Lipinski definition) is 1. The van der Waals surface area contributed by atoms with Crippen LogP contribution < -0.4 is 5.73 Å². The van der Waals surface area contributed by atoms with E-state index in [0.29, 0.717) is 31.7 Å². The molecule has 0 aliphatic carbocycles. The average Bonchev–Trinajstić information content (AvgIpc) is 2.69. The Labute approximate surface area is 148 Å². The lowest BCUT2D eigenvalue weighted by molar-refractivity contribution is -0.133. The predicted molar refractivity (Wildman–Crippen MR) is 96.9 cm³/mol. The van der Waals surface area contributed by atoms with Gasteiger partial charge in [0.2, 0.25) is 5.91 Å². The molecule has 1 heterocycles. The van der Waals surface area contributed by atoms with Crippen molar-refractivity contribution in [3.8, 4) is 0 Å². The Morgan fingerprint density at radius 2 is 1.36 bits per heavy atom. The fourth-order valence-electron chi connectivity index (χ4n) is 3.06. The zero-order valence-corrected chi connectivity index (χ0v) is 14.2. The van der Waals surface area contributed by atoms with Crippen LogP contribution in [0.25, 0.3) is 0 Å². The van der Waals surface area contributed by atoms with Gasteiger partial charge in [-0.05, 0) is 17.7 Å². The maximum atomic E-state index is 12.5. The van der Waals surface area contributed by atoms with Crippen molar-refractivity contribution < 1.29 is 9.59 Å². The number of rotatable bonds is 4. The molecule has 0 spiro atoms. The molecule has 0 saturated carbocycles. The number of carbonyl (C=O) groups is 2. The summed E-state index contributed by atoms with van der Waals surface area (Å²) in [5.74, 6) is 0.0665. The molecule has 1 fully saturated rings. The van der Waals surface area contributed by atoms with Crippen LogP contribution in [0.1, 0.15) is 28.4 Å². The fraction of sp³-hybridized carbons (Fsp3) is 0.300. The normalized spacial score (nSPS) is 15.7. The van der Waals surface area contributed by atoms with Gasteiger partial charge in [-0.25, -0.2) is 0 Å². The maximum Gasteiger partial charge on any atom is 0.253 e. The van der Waals surface area contributed by atoms with Gasteiger partial charge < -0.3 is 15.5 Å². The van der Waals surface area contributed by atoms with E-state index in [0.717, 1.165) is 5.56 Å². The van der Waals surface area contributed by atoms with Crippen LogP contribution in [0, 0.1) is 0 Å². The van der Waals surface area contributed by atoms with Crippen LogP contribution in [0.2, 0.25) is 0 Å². The van der Waals surface area contributed by atoms with Crippen LogP contribution in [-0.4, -0.2) is 47.8 Å². The maximum absolute atomic E-state index is 12.5. The van der Waals surface area contributed by atoms with Gasteiger partial charge in [-0.15, -0.1) is 0 Å². The predicted octanol–water partition coefficient (Wildman–Crippen LogP) is 2.06. The molecule has 1 unspecified atom stereocenters. The Bertz CT molecular complexity index is 710. The topological polar surface area (TPSA) is 66.6 Å². The van der Waals surface area contributed by atoms with Crippen molar-refractivity contribution in [2.45, 2.75) is 12.5 Å². The first-order chi connectivity index (χ1) is 12.1. The highest BCUT2D eigenvalue weighted by molar-refractivity contribution is 5.94. The minimum Gasteiger partial charge on any atom is -0.339 e. The highest BCUT2D eigenvalue weighted by atomic mass is 16.2. The first-order valence-electron chi connectivity index (χ1n) is 8.58. The highest BCUT2D eigenvalue weighted by Crippen LogP contribution is 2.16. The molecule has 2 amide bonds. The molecule has 1 saturated heterocycles. The van der Waals surface area contributed by atoms with E-state index in [9.17, 15) is 9.59 Å². The zero-order valence-electron chi connectivity index (χ0n) is 14.2. The van der Waals surface area contributed by atoms with E-state index < -0.39 is 0 Å². The largest absolute Gasteiger partial charge is 0.339 e. The molecule has 130 valence electrons. The first-order valence-corrected chi connectivity index (χ1v) is 8.58. The Kier molecular flexibility index (Phi) is 5.46. The average molecular weight is 337 g/mol. The third-order valence-electron chi connectivity index (χ3n) is 4.56. The Balaban J connectivity index is 1.52. The first kappa shape index (κ1) is 17.2. The summed E-state index contributed by atoms with van der Waals surface area (Å²) in [6.45, 7) is 2.22.